The van der Waals surface area contributed by atoms with Crippen LogP contribution < -0.4 is 0 Å². The fourth-order valence-electron chi connectivity index (χ4n) is 1.52. The summed E-state index contributed by atoms with van der Waals surface area (Å²) < 4.78 is 0. The molecule has 0 atom stereocenters. The second kappa shape index (κ2) is 5.66. The van der Waals surface area contributed by atoms with Gasteiger partial charge in [-0.25, -0.2) is 0 Å². The van der Waals surface area contributed by atoms with E-state index < -0.39 is 0 Å². The summed E-state index contributed by atoms with van der Waals surface area (Å²) >= 11 is 36.2. The third kappa shape index (κ3) is 2.85. The fourth-order valence-corrected chi connectivity index (χ4v) is 3.08. The lowest BCUT2D eigenvalue weighted by molar-refractivity contribution is 1.61. The number of benzene rings is 2. The Balaban J connectivity index is 2.78. The monoisotopic (exact) mass is 358 g/mol. The van der Waals surface area contributed by atoms with Crippen molar-refractivity contribution in [2.45, 2.75) is 0 Å². The first-order valence-electron chi connectivity index (χ1n) is 4.69. The van der Waals surface area contributed by atoms with Crippen molar-refractivity contribution in [3.05, 3.63) is 54.4 Å². The zero-order valence-electron chi connectivity index (χ0n) is 8.58. The Hall–Kier alpha value is 0.180. The summed E-state index contributed by atoms with van der Waals surface area (Å²) in [6.07, 6.45) is 0. The van der Waals surface area contributed by atoms with Crippen molar-refractivity contribution < 1.29 is 0 Å². The Morgan fingerprint density at radius 1 is 0.556 bits per heavy atom. The van der Waals surface area contributed by atoms with Gasteiger partial charge in [0.1, 0.15) is 0 Å². The lowest BCUT2D eigenvalue weighted by atomic mass is 10.1. The van der Waals surface area contributed by atoms with E-state index in [9.17, 15) is 0 Å². The molecule has 2 aromatic carbocycles. The lowest BCUT2D eigenvalue weighted by Gasteiger charge is -2.11. The molecule has 2 rings (SSSR count). The highest BCUT2D eigenvalue weighted by Gasteiger charge is 2.16. The summed E-state index contributed by atoms with van der Waals surface area (Å²) in [6, 6.07) is 6.48. The van der Waals surface area contributed by atoms with E-state index in [2.05, 4.69) is 0 Å². The van der Waals surface area contributed by atoms with Gasteiger partial charge in [0.25, 0.3) is 0 Å². The van der Waals surface area contributed by atoms with Gasteiger partial charge in [0.05, 0.1) is 20.1 Å². The van der Waals surface area contributed by atoms with Gasteiger partial charge < -0.3 is 0 Å². The third-order valence-electron chi connectivity index (χ3n) is 2.26. The van der Waals surface area contributed by atoms with E-state index in [1.54, 1.807) is 18.2 Å². The van der Waals surface area contributed by atoms with E-state index in [1.165, 1.54) is 6.07 Å². The zero-order valence-corrected chi connectivity index (χ0v) is 13.1. The molecule has 0 unspecified atom stereocenters. The maximum absolute atomic E-state index is 6.15. The van der Waals surface area contributed by atoms with Gasteiger partial charge in [-0.2, -0.15) is 0 Å². The summed E-state index contributed by atoms with van der Waals surface area (Å²) in [5, 5.41) is 2.20. The molecule has 0 heterocycles. The van der Waals surface area contributed by atoms with Crippen molar-refractivity contribution in [1.82, 2.24) is 0 Å². The van der Waals surface area contributed by atoms with Gasteiger partial charge in [-0.1, -0.05) is 69.6 Å². The van der Waals surface area contributed by atoms with Crippen LogP contribution in [0.1, 0.15) is 0 Å². The third-order valence-corrected chi connectivity index (χ3v) is 4.27. The van der Waals surface area contributed by atoms with E-state index in [1.807, 2.05) is 0 Å². The molecule has 0 nitrogen and oxygen atoms in total. The summed E-state index contributed by atoms with van der Waals surface area (Å²) in [5.41, 5.74) is 1.17. The predicted molar refractivity (Wildman–Crippen MR) is 81.9 cm³/mol. The SMILES string of the molecule is Clc1cc(Cl)cc(-c2c(Cl)c(Cl)cc(Cl)c2Cl)c1. The van der Waals surface area contributed by atoms with Crippen molar-refractivity contribution in [3.63, 3.8) is 0 Å². The molecule has 0 spiro atoms. The van der Waals surface area contributed by atoms with E-state index in [4.69, 9.17) is 69.6 Å². The van der Waals surface area contributed by atoms with Crippen LogP contribution in [-0.2, 0) is 0 Å². The van der Waals surface area contributed by atoms with Gasteiger partial charge in [-0.15, -0.1) is 0 Å². The average molecular weight is 361 g/mol. The fraction of sp³-hybridized carbons (Fsp3) is 0. The second-order valence-electron chi connectivity index (χ2n) is 3.50. The zero-order chi connectivity index (χ0) is 13.4. The first kappa shape index (κ1) is 14.6. The summed E-state index contributed by atoms with van der Waals surface area (Å²) in [5.74, 6) is 0. The first-order chi connectivity index (χ1) is 8.40. The molecule has 0 radical (unpaired) electrons. The topological polar surface area (TPSA) is 0 Å². The number of rotatable bonds is 1. The van der Waals surface area contributed by atoms with Crippen LogP contribution in [-0.4, -0.2) is 0 Å². The Morgan fingerprint density at radius 2 is 1.00 bits per heavy atom. The van der Waals surface area contributed by atoms with Crippen LogP contribution in [0, 0.1) is 0 Å². The minimum Gasteiger partial charge on any atom is -0.0843 e. The van der Waals surface area contributed by atoms with Gasteiger partial charge in [-0.3, -0.25) is 0 Å². The largest absolute Gasteiger partial charge is 0.0843 e. The summed E-state index contributed by atoms with van der Waals surface area (Å²) in [4.78, 5) is 0. The molecule has 18 heavy (non-hydrogen) atoms. The van der Waals surface area contributed by atoms with Crippen LogP contribution in [0.25, 0.3) is 11.1 Å². The van der Waals surface area contributed by atoms with E-state index >= 15 is 0 Å². The Bertz CT molecular complexity index is 574. The molecule has 0 aromatic heterocycles. The molecule has 0 aliphatic carbocycles. The lowest BCUT2D eigenvalue weighted by Crippen LogP contribution is -1.85. The van der Waals surface area contributed by atoms with Crippen LogP contribution in [0.5, 0.6) is 0 Å². The van der Waals surface area contributed by atoms with Gasteiger partial charge >= 0.3 is 0 Å². The summed E-state index contributed by atoms with van der Waals surface area (Å²) in [7, 11) is 0. The normalized spacial score (nSPS) is 10.8. The minimum absolute atomic E-state index is 0.310. The predicted octanol–water partition coefficient (Wildman–Crippen LogP) is 7.27. The molecule has 0 N–H and O–H groups in total. The highest BCUT2D eigenvalue weighted by Crippen LogP contribution is 2.44. The standard InChI is InChI=1S/C12H4Cl6/c13-6-1-5(2-7(14)3-6)10-11(17)8(15)4-9(16)12(10)18/h1-4H. The van der Waals surface area contributed by atoms with Crippen molar-refractivity contribution >= 4 is 69.6 Å². The van der Waals surface area contributed by atoms with E-state index in [-0.39, 0.29) is 0 Å². The maximum Gasteiger partial charge on any atom is 0.0686 e. The Morgan fingerprint density at radius 3 is 1.44 bits per heavy atom. The van der Waals surface area contributed by atoms with Gasteiger partial charge in [-0.05, 0) is 29.8 Å². The maximum atomic E-state index is 6.15. The molecule has 0 aliphatic rings. The summed E-state index contributed by atoms with van der Waals surface area (Å²) in [6.45, 7) is 0. The van der Waals surface area contributed by atoms with E-state index in [0.29, 0.717) is 41.3 Å². The van der Waals surface area contributed by atoms with Crippen molar-refractivity contribution in [2.75, 3.05) is 0 Å². The molecular formula is C12H4Cl6. The van der Waals surface area contributed by atoms with Crippen LogP contribution in [0.15, 0.2) is 24.3 Å². The molecule has 0 aliphatic heterocycles. The number of hydrogen-bond acceptors (Lipinski definition) is 0. The van der Waals surface area contributed by atoms with Crippen molar-refractivity contribution in [2.24, 2.45) is 0 Å². The quantitative estimate of drug-likeness (QED) is 0.469. The van der Waals surface area contributed by atoms with Gasteiger partial charge in [0.15, 0.2) is 0 Å². The van der Waals surface area contributed by atoms with Crippen LogP contribution in [0.3, 0.4) is 0 Å². The molecule has 0 bridgehead atoms. The first-order valence-corrected chi connectivity index (χ1v) is 6.96. The molecule has 0 amide bonds. The Kier molecular flexibility index (Phi) is 4.59. The smallest absolute Gasteiger partial charge is 0.0686 e. The highest BCUT2D eigenvalue weighted by atomic mass is 35.5. The van der Waals surface area contributed by atoms with Gasteiger partial charge in [0, 0.05) is 15.6 Å². The highest BCUT2D eigenvalue weighted by molar-refractivity contribution is 6.50. The molecule has 6 heteroatoms. The molecule has 0 saturated carbocycles. The van der Waals surface area contributed by atoms with Crippen LogP contribution in [0.2, 0.25) is 30.1 Å². The Labute approximate surface area is 134 Å². The molecule has 0 saturated heterocycles. The van der Waals surface area contributed by atoms with E-state index in [0.717, 1.165) is 0 Å². The van der Waals surface area contributed by atoms with Crippen molar-refractivity contribution in [1.29, 1.82) is 0 Å². The van der Waals surface area contributed by atoms with Gasteiger partial charge in [0.2, 0.25) is 0 Å². The molecular weight excluding hydrogens is 357 g/mol. The minimum atomic E-state index is 0.310. The van der Waals surface area contributed by atoms with Crippen LogP contribution >= 0.6 is 69.6 Å². The second-order valence-corrected chi connectivity index (χ2v) is 5.94. The average Bonchev–Trinajstić information content (AvgIpc) is 2.25. The molecule has 94 valence electrons. The molecule has 2 aromatic rings. The number of hydrogen-bond donors (Lipinski definition) is 0. The van der Waals surface area contributed by atoms with Crippen LogP contribution in [0.4, 0.5) is 0 Å². The van der Waals surface area contributed by atoms with Crippen molar-refractivity contribution in [3.8, 4) is 11.1 Å². The molecule has 0 fully saturated rings. The number of halogens is 6.